The number of aldehydes is 1. The summed E-state index contributed by atoms with van der Waals surface area (Å²) in [6.07, 6.45) is 10.5. The fourth-order valence-electron chi connectivity index (χ4n) is 1.97. The average molecular weight is 226 g/mol. The van der Waals surface area contributed by atoms with Gasteiger partial charge in [-0.1, -0.05) is 39.0 Å². The Bertz CT molecular complexity index is 187. The van der Waals surface area contributed by atoms with Crippen molar-refractivity contribution in [1.29, 1.82) is 0 Å². The van der Waals surface area contributed by atoms with Gasteiger partial charge in [0.05, 0.1) is 0 Å². The third-order valence-corrected chi connectivity index (χ3v) is 3.11. The van der Waals surface area contributed by atoms with Gasteiger partial charge < -0.3 is 4.79 Å². The number of carbonyl (C=O) groups excluding carboxylic acids is 2. The van der Waals surface area contributed by atoms with E-state index in [4.69, 9.17) is 0 Å². The second kappa shape index (κ2) is 10.8. The van der Waals surface area contributed by atoms with Crippen molar-refractivity contribution in [2.75, 3.05) is 0 Å². The number of rotatable bonds is 11. The molecule has 0 N–H and O–H groups in total. The van der Waals surface area contributed by atoms with Gasteiger partial charge in [-0.15, -0.1) is 0 Å². The van der Waals surface area contributed by atoms with Crippen molar-refractivity contribution in [3.63, 3.8) is 0 Å². The van der Waals surface area contributed by atoms with Crippen LogP contribution in [0.25, 0.3) is 0 Å². The largest absolute Gasteiger partial charge is 0.303 e. The molecule has 16 heavy (non-hydrogen) atoms. The van der Waals surface area contributed by atoms with Crippen LogP contribution < -0.4 is 0 Å². The number of carbonyl (C=O) groups is 2. The zero-order valence-electron chi connectivity index (χ0n) is 10.8. The number of Topliss-reactive ketones (excluding diaryl/α,β-unsaturated/α-hetero) is 1. The zero-order chi connectivity index (χ0) is 12.2. The lowest BCUT2D eigenvalue weighted by Gasteiger charge is -2.12. The number of ketones is 1. The van der Waals surface area contributed by atoms with E-state index in [9.17, 15) is 9.59 Å². The summed E-state index contributed by atoms with van der Waals surface area (Å²) >= 11 is 0. The van der Waals surface area contributed by atoms with Crippen molar-refractivity contribution in [3.05, 3.63) is 0 Å². The molecule has 0 amide bonds. The monoisotopic (exact) mass is 226 g/mol. The molecule has 0 saturated heterocycles. The van der Waals surface area contributed by atoms with Crippen LogP contribution in [0.5, 0.6) is 0 Å². The number of hydrogen-bond acceptors (Lipinski definition) is 2. The second-order valence-electron chi connectivity index (χ2n) is 4.61. The summed E-state index contributed by atoms with van der Waals surface area (Å²) in [6.45, 7) is 3.88. The molecule has 0 fully saturated rings. The Hall–Kier alpha value is -0.660. The summed E-state index contributed by atoms with van der Waals surface area (Å²) in [7, 11) is 0. The Morgan fingerprint density at radius 1 is 1.06 bits per heavy atom. The van der Waals surface area contributed by atoms with Gasteiger partial charge in [0.25, 0.3) is 0 Å². The lowest BCUT2D eigenvalue weighted by atomic mass is 9.92. The fourth-order valence-corrected chi connectivity index (χ4v) is 1.97. The highest BCUT2D eigenvalue weighted by Gasteiger charge is 2.12. The maximum atomic E-state index is 11.4. The Morgan fingerprint density at radius 2 is 1.69 bits per heavy atom. The van der Waals surface area contributed by atoms with Crippen LogP contribution in [-0.4, -0.2) is 12.1 Å². The van der Waals surface area contributed by atoms with E-state index in [1.165, 1.54) is 6.42 Å². The Balaban J connectivity index is 3.52. The Labute approximate surface area is 99.8 Å². The van der Waals surface area contributed by atoms with Crippen molar-refractivity contribution in [1.82, 2.24) is 0 Å². The molecule has 0 aliphatic heterocycles. The van der Waals surface area contributed by atoms with Gasteiger partial charge in [0.2, 0.25) is 0 Å². The predicted molar refractivity (Wildman–Crippen MR) is 67.5 cm³/mol. The molecule has 1 atom stereocenters. The van der Waals surface area contributed by atoms with Crippen LogP contribution in [0.15, 0.2) is 0 Å². The summed E-state index contributed by atoms with van der Waals surface area (Å²) in [4.78, 5) is 21.5. The molecule has 0 radical (unpaired) electrons. The molecule has 2 nitrogen and oxygen atoms in total. The van der Waals surface area contributed by atoms with E-state index in [0.717, 1.165) is 51.2 Å². The first-order valence-corrected chi connectivity index (χ1v) is 6.66. The summed E-state index contributed by atoms with van der Waals surface area (Å²) < 4.78 is 0. The van der Waals surface area contributed by atoms with Gasteiger partial charge in [-0.3, -0.25) is 4.79 Å². The predicted octanol–water partition coefficient (Wildman–Crippen LogP) is 3.92. The third kappa shape index (κ3) is 8.63. The van der Waals surface area contributed by atoms with E-state index in [1.54, 1.807) is 6.92 Å². The van der Waals surface area contributed by atoms with Crippen LogP contribution in [0.2, 0.25) is 0 Å². The van der Waals surface area contributed by atoms with Crippen molar-refractivity contribution >= 4 is 12.1 Å². The molecular weight excluding hydrogens is 200 g/mol. The topological polar surface area (TPSA) is 34.1 Å². The van der Waals surface area contributed by atoms with E-state index in [-0.39, 0.29) is 5.92 Å². The van der Waals surface area contributed by atoms with Gasteiger partial charge in [0, 0.05) is 12.3 Å². The molecule has 0 rings (SSSR count). The fraction of sp³-hybridized carbons (Fsp3) is 0.857. The molecule has 0 aromatic carbocycles. The first-order valence-electron chi connectivity index (χ1n) is 6.66. The van der Waals surface area contributed by atoms with Gasteiger partial charge in [-0.25, -0.2) is 0 Å². The van der Waals surface area contributed by atoms with E-state index in [0.29, 0.717) is 12.2 Å². The molecule has 2 heteroatoms. The SMILES string of the molecule is CCCCC(CCCCCCC=O)C(C)=O. The van der Waals surface area contributed by atoms with Crippen molar-refractivity contribution < 1.29 is 9.59 Å². The standard InChI is InChI=1S/C14H26O2/c1-3-4-10-14(13(2)16)11-8-6-5-7-9-12-15/h12,14H,3-11H2,1-2H3. The average Bonchev–Trinajstić information content (AvgIpc) is 2.26. The molecule has 0 spiro atoms. The lowest BCUT2D eigenvalue weighted by molar-refractivity contribution is -0.121. The van der Waals surface area contributed by atoms with Crippen LogP contribution >= 0.6 is 0 Å². The molecule has 0 saturated carbocycles. The molecule has 0 aromatic rings. The molecular formula is C14H26O2. The third-order valence-electron chi connectivity index (χ3n) is 3.11. The zero-order valence-corrected chi connectivity index (χ0v) is 10.8. The first-order chi connectivity index (χ1) is 7.72. The lowest BCUT2D eigenvalue weighted by Crippen LogP contribution is -2.10. The molecule has 0 bridgehead atoms. The minimum absolute atomic E-state index is 0.283. The maximum Gasteiger partial charge on any atom is 0.132 e. The quantitative estimate of drug-likeness (QED) is 0.395. The van der Waals surface area contributed by atoms with Crippen LogP contribution in [-0.2, 0) is 9.59 Å². The Kier molecular flexibility index (Phi) is 10.4. The van der Waals surface area contributed by atoms with Crippen molar-refractivity contribution in [2.45, 2.75) is 71.6 Å². The number of hydrogen-bond donors (Lipinski definition) is 0. The first kappa shape index (κ1) is 15.3. The van der Waals surface area contributed by atoms with Crippen molar-refractivity contribution in [2.24, 2.45) is 5.92 Å². The summed E-state index contributed by atoms with van der Waals surface area (Å²) in [5.74, 6) is 0.632. The Morgan fingerprint density at radius 3 is 2.25 bits per heavy atom. The number of unbranched alkanes of at least 4 members (excludes halogenated alkanes) is 5. The smallest absolute Gasteiger partial charge is 0.132 e. The molecule has 1 unspecified atom stereocenters. The van der Waals surface area contributed by atoms with Gasteiger partial charge in [0.15, 0.2) is 0 Å². The molecule has 0 aromatic heterocycles. The highest BCUT2D eigenvalue weighted by molar-refractivity contribution is 5.78. The summed E-state index contributed by atoms with van der Waals surface area (Å²) in [6, 6.07) is 0. The van der Waals surface area contributed by atoms with Crippen LogP contribution in [0.1, 0.15) is 71.6 Å². The minimum Gasteiger partial charge on any atom is -0.303 e. The highest BCUT2D eigenvalue weighted by atomic mass is 16.1. The summed E-state index contributed by atoms with van der Waals surface area (Å²) in [5, 5.41) is 0. The molecule has 94 valence electrons. The normalized spacial score (nSPS) is 12.4. The van der Waals surface area contributed by atoms with Crippen LogP contribution in [0.3, 0.4) is 0 Å². The molecule has 0 aliphatic rings. The summed E-state index contributed by atoms with van der Waals surface area (Å²) in [5.41, 5.74) is 0. The van der Waals surface area contributed by atoms with E-state index in [1.807, 2.05) is 0 Å². The van der Waals surface area contributed by atoms with Gasteiger partial charge in [-0.05, 0) is 26.2 Å². The second-order valence-corrected chi connectivity index (χ2v) is 4.61. The maximum absolute atomic E-state index is 11.4. The van der Waals surface area contributed by atoms with E-state index >= 15 is 0 Å². The van der Waals surface area contributed by atoms with Gasteiger partial charge in [-0.2, -0.15) is 0 Å². The van der Waals surface area contributed by atoms with Gasteiger partial charge >= 0.3 is 0 Å². The van der Waals surface area contributed by atoms with E-state index in [2.05, 4.69) is 6.92 Å². The highest BCUT2D eigenvalue weighted by Crippen LogP contribution is 2.18. The molecule has 0 heterocycles. The minimum atomic E-state index is 0.283. The van der Waals surface area contributed by atoms with Crippen LogP contribution in [0.4, 0.5) is 0 Å². The van der Waals surface area contributed by atoms with E-state index < -0.39 is 0 Å². The van der Waals surface area contributed by atoms with Gasteiger partial charge in [0.1, 0.15) is 12.1 Å². The molecule has 0 aliphatic carbocycles. The van der Waals surface area contributed by atoms with Crippen LogP contribution in [0, 0.1) is 5.92 Å². The van der Waals surface area contributed by atoms with Crippen molar-refractivity contribution in [3.8, 4) is 0 Å².